The number of hydrazone groups is 1. The van der Waals surface area contributed by atoms with Crippen LogP contribution in [0.3, 0.4) is 0 Å². The number of aryl methyl sites for hydroxylation is 1. The van der Waals surface area contributed by atoms with Crippen LogP contribution in [0.5, 0.6) is 5.75 Å². The minimum atomic E-state index is -0.0836. The smallest absolute Gasteiger partial charge is 0.212 e. The van der Waals surface area contributed by atoms with E-state index in [0.717, 1.165) is 17.0 Å². The molecule has 2 aromatic carbocycles. The molecule has 0 atom stereocenters. The zero-order chi connectivity index (χ0) is 17.5. The van der Waals surface area contributed by atoms with Gasteiger partial charge in [-0.2, -0.15) is 9.68 Å². The predicted molar refractivity (Wildman–Crippen MR) is 100 cm³/mol. The van der Waals surface area contributed by atoms with E-state index in [0.29, 0.717) is 0 Å². The molecule has 124 valence electrons. The van der Waals surface area contributed by atoms with E-state index in [2.05, 4.69) is 54.8 Å². The van der Waals surface area contributed by atoms with Crippen LogP contribution in [-0.2, 0) is 5.41 Å². The van der Waals surface area contributed by atoms with Gasteiger partial charge in [-0.25, -0.2) is 0 Å². The topological polar surface area (TPSA) is 38.8 Å². The Morgan fingerprint density at radius 2 is 1.88 bits per heavy atom. The molecule has 1 N–H and O–H groups in total. The summed E-state index contributed by atoms with van der Waals surface area (Å²) < 4.78 is 2.20. The molecule has 0 spiro atoms. The fourth-order valence-electron chi connectivity index (χ4n) is 3.44. The zero-order valence-corrected chi connectivity index (χ0v) is 14.9. The Hall–Kier alpha value is -2.62. The fraction of sp³-hybridized carbons (Fsp3) is 0.300. The Morgan fingerprint density at radius 3 is 2.54 bits per heavy atom. The van der Waals surface area contributed by atoms with Gasteiger partial charge >= 0.3 is 0 Å². The lowest BCUT2D eigenvalue weighted by Gasteiger charge is -2.18. The SMILES string of the molecule is Cc1cc(O)ccc1N(C)N=CC1=[N+](C)c2ccccc2C1(C)C. The maximum absolute atomic E-state index is 9.56. The first-order valence-electron chi connectivity index (χ1n) is 8.10. The quantitative estimate of drug-likeness (QED) is 0.530. The average molecular weight is 322 g/mol. The molecule has 4 heteroatoms. The third-order valence-electron chi connectivity index (χ3n) is 4.82. The Morgan fingerprint density at radius 1 is 1.17 bits per heavy atom. The summed E-state index contributed by atoms with van der Waals surface area (Å²) in [6.07, 6.45) is 1.94. The van der Waals surface area contributed by atoms with Crippen LogP contribution >= 0.6 is 0 Å². The lowest BCUT2D eigenvalue weighted by atomic mass is 9.82. The summed E-state index contributed by atoms with van der Waals surface area (Å²) in [5.41, 5.74) is 5.58. The van der Waals surface area contributed by atoms with Crippen LogP contribution in [0.4, 0.5) is 11.4 Å². The molecular formula is C20H24N3O+. The van der Waals surface area contributed by atoms with Gasteiger partial charge in [0.15, 0.2) is 0 Å². The second-order valence-electron chi connectivity index (χ2n) is 6.83. The summed E-state index contributed by atoms with van der Waals surface area (Å²) >= 11 is 0. The molecule has 0 radical (unpaired) electrons. The second-order valence-corrected chi connectivity index (χ2v) is 6.83. The van der Waals surface area contributed by atoms with E-state index in [1.807, 2.05) is 31.3 Å². The fourth-order valence-corrected chi connectivity index (χ4v) is 3.44. The van der Waals surface area contributed by atoms with Gasteiger partial charge in [0.25, 0.3) is 0 Å². The van der Waals surface area contributed by atoms with Crippen molar-refractivity contribution < 1.29 is 9.68 Å². The Labute approximate surface area is 143 Å². The van der Waals surface area contributed by atoms with E-state index in [4.69, 9.17) is 0 Å². The molecule has 1 aliphatic rings. The highest BCUT2D eigenvalue weighted by atomic mass is 16.3. The number of hydrogen-bond donors (Lipinski definition) is 1. The Kier molecular flexibility index (Phi) is 3.91. The number of anilines is 1. The molecule has 1 aliphatic heterocycles. The van der Waals surface area contributed by atoms with Crippen molar-refractivity contribution in [3.05, 3.63) is 53.6 Å². The Balaban J connectivity index is 1.93. The van der Waals surface area contributed by atoms with E-state index < -0.39 is 0 Å². The first-order valence-corrected chi connectivity index (χ1v) is 8.10. The van der Waals surface area contributed by atoms with Crippen LogP contribution in [0.25, 0.3) is 0 Å². The van der Waals surface area contributed by atoms with Crippen LogP contribution in [0.2, 0.25) is 0 Å². The highest BCUT2D eigenvalue weighted by Crippen LogP contribution is 2.38. The summed E-state index contributed by atoms with van der Waals surface area (Å²) in [6, 6.07) is 13.8. The van der Waals surface area contributed by atoms with Crippen molar-refractivity contribution in [1.82, 2.24) is 0 Å². The van der Waals surface area contributed by atoms with Crippen molar-refractivity contribution in [2.45, 2.75) is 26.2 Å². The van der Waals surface area contributed by atoms with Crippen molar-refractivity contribution in [3.63, 3.8) is 0 Å². The molecule has 0 unspecified atom stereocenters. The number of phenols is 1. The number of rotatable bonds is 3. The molecule has 1 heterocycles. The first-order chi connectivity index (χ1) is 11.3. The van der Waals surface area contributed by atoms with Gasteiger partial charge in [0.1, 0.15) is 19.0 Å². The van der Waals surface area contributed by atoms with Gasteiger partial charge in [-0.1, -0.05) is 18.2 Å². The molecule has 0 amide bonds. The summed E-state index contributed by atoms with van der Waals surface area (Å²) in [4.78, 5) is 0. The number of nitrogens with zero attached hydrogens (tertiary/aromatic N) is 3. The normalized spacial score (nSPS) is 15.9. The van der Waals surface area contributed by atoms with Crippen LogP contribution < -0.4 is 5.01 Å². The highest BCUT2D eigenvalue weighted by Gasteiger charge is 2.43. The molecule has 0 bridgehead atoms. The minimum Gasteiger partial charge on any atom is -0.508 e. The molecule has 3 rings (SSSR count). The molecule has 2 aromatic rings. The summed E-state index contributed by atoms with van der Waals surface area (Å²) in [7, 11) is 4.01. The van der Waals surface area contributed by atoms with Gasteiger partial charge in [-0.3, -0.25) is 5.01 Å². The zero-order valence-electron chi connectivity index (χ0n) is 14.9. The molecule has 0 fully saturated rings. The van der Waals surface area contributed by atoms with Crippen LogP contribution in [-0.4, -0.2) is 35.7 Å². The summed E-state index contributed by atoms with van der Waals surface area (Å²) in [5.74, 6) is 0.273. The van der Waals surface area contributed by atoms with Gasteiger partial charge < -0.3 is 5.11 Å². The molecule has 0 saturated carbocycles. The number of aromatic hydroxyl groups is 1. The number of benzene rings is 2. The monoisotopic (exact) mass is 322 g/mol. The van der Waals surface area contributed by atoms with Gasteiger partial charge in [0.2, 0.25) is 11.4 Å². The number of phenolic OH excluding ortho intramolecular Hbond substituents is 1. The maximum Gasteiger partial charge on any atom is 0.212 e. The standard InChI is InChI=1S/C20H23N3O/c1-14-12-15(24)10-11-17(14)23(5)21-13-19-20(2,3)16-8-6-7-9-18(16)22(19)4/h6-13H,1-5H3/p+1. The molecule has 0 saturated heterocycles. The minimum absolute atomic E-state index is 0.0836. The first kappa shape index (κ1) is 16.2. The number of hydrogen-bond acceptors (Lipinski definition) is 3. The van der Waals surface area contributed by atoms with Crippen molar-refractivity contribution in [1.29, 1.82) is 0 Å². The average Bonchev–Trinajstić information content (AvgIpc) is 2.72. The molecule has 0 aromatic heterocycles. The Bertz CT molecular complexity index is 850. The predicted octanol–water partition coefficient (Wildman–Crippen LogP) is 3.83. The van der Waals surface area contributed by atoms with Gasteiger partial charge in [-0.05, 0) is 44.5 Å². The van der Waals surface area contributed by atoms with Gasteiger partial charge in [-0.15, -0.1) is 0 Å². The number of fused-ring (bicyclic) bond motifs is 1. The van der Waals surface area contributed by atoms with E-state index in [-0.39, 0.29) is 11.2 Å². The maximum atomic E-state index is 9.56. The van der Waals surface area contributed by atoms with E-state index in [1.54, 1.807) is 12.1 Å². The van der Waals surface area contributed by atoms with Crippen LogP contribution in [0, 0.1) is 6.92 Å². The number of para-hydroxylation sites is 1. The third kappa shape index (κ3) is 2.58. The summed E-state index contributed by atoms with van der Waals surface area (Å²) in [6.45, 7) is 6.42. The largest absolute Gasteiger partial charge is 0.508 e. The van der Waals surface area contributed by atoms with E-state index in [1.165, 1.54) is 11.3 Å². The van der Waals surface area contributed by atoms with E-state index >= 15 is 0 Å². The lowest BCUT2D eigenvalue weighted by Crippen LogP contribution is -2.30. The van der Waals surface area contributed by atoms with Crippen LogP contribution in [0.1, 0.15) is 25.0 Å². The third-order valence-corrected chi connectivity index (χ3v) is 4.82. The highest BCUT2D eigenvalue weighted by molar-refractivity contribution is 6.33. The van der Waals surface area contributed by atoms with Gasteiger partial charge in [0, 0.05) is 18.7 Å². The van der Waals surface area contributed by atoms with Crippen molar-refractivity contribution in [2.75, 3.05) is 19.1 Å². The summed E-state index contributed by atoms with van der Waals surface area (Å²) in [5, 5.41) is 16.0. The second kappa shape index (κ2) is 5.78. The van der Waals surface area contributed by atoms with Crippen LogP contribution in [0.15, 0.2) is 47.6 Å². The van der Waals surface area contributed by atoms with E-state index in [9.17, 15) is 5.11 Å². The lowest BCUT2D eigenvalue weighted by molar-refractivity contribution is -0.400. The van der Waals surface area contributed by atoms with Crippen molar-refractivity contribution in [2.24, 2.45) is 5.10 Å². The van der Waals surface area contributed by atoms with Crippen molar-refractivity contribution in [3.8, 4) is 5.75 Å². The molecule has 0 aliphatic carbocycles. The molecule has 24 heavy (non-hydrogen) atoms. The molecular weight excluding hydrogens is 298 g/mol. The van der Waals surface area contributed by atoms with Crippen molar-refractivity contribution >= 4 is 23.3 Å². The molecule has 4 nitrogen and oxygen atoms in total. The van der Waals surface area contributed by atoms with Gasteiger partial charge in [0.05, 0.1) is 11.1 Å².